The van der Waals surface area contributed by atoms with Crippen molar-refractivity contribution in [1.29, 1.82) is 0 Å². The number of nitrogens with one attached hydrogen (secondary N) is 1. The zero-order valence-electron chi connectivity index (χ0n) is 15.4. The van der Waals surface area contributed by atoms with Gasteiger partial charge in [0.2, 0.25) is 5.91 Å². The zero-order valence-corrected chi connectivity index (χ0v) is 17.1. The van der Waals surface area contributed by atoms with Crippen LogP contribution in [0.15, 0.2) is 52.8 Å². The maximum atomic E-state index is 12.4. The van der Waals surface area contributed by atoms with Crippen LogP contribution in [0.1, 0.15) is 10.4 Å². The Labute approximate surface area is 179 Å². The number of carbonyl (C=O) groups is 3. The Morgan fingerprint density at radius 3 is 2.63 bits per heavy atom. The number of hydrogen-bond acceptors (Lipinski definition) is 6. The van der Waals surface area contributed by atoms with Crippen molar-refractivity contribution in [1.82, 2.24) is 10.2 Å². The molecule has 0 saturated carbocycles. The first-order valence-corrected chi connectivity index (χ1v) is 10.4. The number of alkyl halides is 2. The number of thiophene rings is 1. The lowest BCUT2D eigenvalue weighted by molar-refractivity contribution is -0.123. The summed E-state index contributed by atoms with van der Waals surface area (Å²) in [5.74, 6) is -0.768. The highest BCUT2D eigenvalue weighted by molar-refractivity contribution is 8.18. The van der Waals surface area contributed by atoms with Gasteiger partial charge in [0.05, 0.1) is 4.91 Å². The van der Waals surface area contributed by atoms with Crippen molar-refractivity contribution >= 4 is 52.3 Å². The zero-order chi connectivity index (χ0) is 21.5. The Bertz CT molecular complexity index is 973. The van der Waals surface area contributed by atoms with Gasteiger partial charge in [0.15, 0.2) is 0 Å². The van der Waals surface area contributed by atoms with Crippen LogP contribution < -0.4 is 10.1 Å². The second-order valence-corrected chi connectivity index (χ2v) is 7.89. The molecule has 3 amide bonds. The van der Waals surface area contributed by atoms with Crippen LogP contribution in [0, 0.1) is 0 Å². The standard InChI is InChI=1S/C20H16F2N2O4S2/c21-19(22)28-14-6-3-13(4-7-14)5-8-17(25)23-9-10-24-18(26)16(30-20(24)27)12-15-2-1-11-29-15/h1-8,11-12,19H,9-10H2,(H,23,25). The third-order valence-electron chi connectivity index (χ3n) is 3.86. The molecule has 156 valence electrons. The van der Waals surface area contributed by atoms with Crippen molar-refractivity contribution in [2.75, 3.05) is 13.1 Å². The third-order valence-corrected chi connectivity index (χ3v) is 5.58. The molecule has 0 atom stereocenters. The minimum absolute atomic E-state index is 0.0249. The molecule has 3 rings (SSSR count). The lowest BCUT2D eigenvalue weighted by Crippen LogP contribution is -2.36. The van der Waals surface area contributed by atoms with E-state index >= 15 is 0 Å². The molecule has 6 nitrogen and oxygen atoms in total. The highest BCUT2D eigenvalue weighted by Crippen LogP contribution is 2.32. The van der Waals surface area contributed by atoms with Crippen LogP contribution in [0.5, 0.6) is 5.75 Å². The number of amides is 3. The molecule has 30 heavy (non-hydrogen) atoms. The average Bonchev–Trinajstić information content (AvgIpc) is 3.31. The first kappa shape index (κ1) is 21.7. The molecule has 1 saturated heterocycles. The molecule has 1 aliphatic rings. The SMILES string of the molecule is O=C(C=Cc1ccc(OC(F)F)cc1)NCCN1C(=O)SC(=Cc2cccs2)C1=O. The minimum atomic E-state index is -2.90. The van der Waals surface area contributed by atoms with Gasteiger partial charge in [-0.05, 0) is 53.1 Å². The van der Waals surface area contributed by atoms with Gasteiger partial charge in [0.25, 0.3) is 11.1 Å². The Balaban J connectivity index is 1.46. The summed E-state index contributed by atoms with van der Waals surface area (Å²) in [6.45, 7) is -2.73. The number of thioether (sulfide) groups is 1. The average molecular weight is 450 g/mol. The van der Waals surface area contributed by atoms with Crippen molar-refractivity contribution in [3.8, 4) is 5.75 Å². The van der Waals surface area contributed by atoms with E-state index in [1.54, 1.807) is 6.08 Å². The van der Waals surface area contributed by atoms with Crippen LogP contribution in [-0.2, 0) is 9.59 Å². The van der Waals surface area contributed by atoms with Crippen LogP contribution >= 0.6 is 23.1 Å². The molecule has 0 bridgehead atoms. The molecule has 1 aliphatic heterocycles. The van der Waals surface area contributed by atoms with Crippen molar-refractivity contribution in [2.45, 2.75) is 6.61 Å². The van der Waals surface area contributed by atoms with Gasteiger partial charge in [-0.1, -0.05) is 18.2 Å². The van der Waals surface area contributed by atoms with Gasteiger partial charge in [-0.15, -0.1) is 11.3 Å². The van der Waals surface area contributed by atoms with Gasteiger partial charge in [0, 0.05) is 24.0 Å². The fraction of sp³-hybridized carbons (Fsp3) is 0.150. The smallest absolute Gasteiger partial charge is 0.387 e. The number of imide groups is 1. The van der Waals surface area contributed by atoms with Crippen LogP contribution in [-0.4, -0.2) is 41.7 Å². The summed E-state index contributed by atoms with van der Waals surface area (Å²) < 4.78 is 28.5. The van der Waals surface area contributed by atoms with Crippen molar-refractivity contribution in [2.24, 2.45) is 0 Å². The summed E-state index contributed by atoms with van der Waals surface area (Å²) in [4.78, 5) is 38.7. The summed E-state index contributed by atoms with van der Waals surface area (Å²) in [6, 6.07) is 9.50. The normalized spacial score (nSPS) is 15.6. The monoisotopic (exact) mass is 450 g/mol. The van der Waals surface area contributed by atoms with Crippen molar-refractivity contribution < 1.29 is 27.9 Å². The van der Waals surface area contributed by atoms with Crippen LogP contribution in [0.2, 0.25) is 0 Å². The molecule has 0 unspecified atom stereocenters. The number of rotatable bonds is 8. The Morgan fingerprint density at radius 2 is 1.97 bits per heavy atom. The van der Waals surface area contributed by atoms with E-state index in [1.807, 2.05) is 17.5 Å². The maximum Gasteiger partial charge on any atom is 0.387 e. The fourth-order valence-electron chi connectivity index (χ4n) is 2.48. The van der Waals surface area contributed by atoms with Crippen LogP contribution in [0.3, 0.4) is 0 Å². The second kappa shape index (κ2) is 10.2. The van der Waals surface area contributed by atoms with Crippen molar-refractivity contribution in [3.63, 3.8) is 0 Å². The number of ether oxygens (including phenoxy) is 1. The number of benzene rings is 1. The third kappa shape index (κ3) is 6.01. The number of halogens is 2. The fourth-order valence-corrected chi connectivity index (χ4v) is 4.07. The summed E-state index contributed by atoms with van der Waals surface area (Å²) >= 11 is 2.34. The van der Waals surface area contributed by atoms with E-state index in [0.717, 1.165) is 21.5 Å². The molecule has 2 heterocycles. The van der Waals surface area contributed by atoms with E-state index in [1.165, 1.54) is 47.8 Å². The number of nitrogens with zero attached hydrogens (tertiary/aromatic N) is 1. The maximum absolute atomic E-state index is 12.4. The van der Waals surface area contributed by atoms with E-state index in [-0.39, 0.29) is 30.0 Å². The second-order valence-electron chi connectivity index (χ2n) is 5.92. The van der Waals surface area contributed by atoms with Gasteiger partial charge in [0.1, 0.15) is 5.75 Å². The number of hydrogen-bond donors (Lipinski definition) is 1. The lowest BCUT2D eigenvalue weighted by atomic mass is 10.2. The van der Waals surface area contributed by atoms with Gasteiger partial charge >= 0.3 is 6.61 Å². The Morgan fingerprint density at radius 1 is 1.20 bits per heavy atom. The summed E-state index contributed by atoms with van der Waals surface area (Å²) in [7, 11) is 0. The summed E-state index contributed by atoms with van der Waals surface area (Å²) in [6.07, 6.45) is 4.45. The largest absolute Gasteiger partial charge is 0.435 e. The number of carbonyl (C=O) groups excluding carboxylic acids is 3. The predicted octanol–water partition coefficient (Wildman–Crippen LogP) is 4.22. The molecule has 1 aromatic carbocycles. The van der Waals surface area contributed by atoms with E-state index in [9.17, 15) is 23.2 Å². The highest BCUT2D eigenvalue weighted by Gasteiger charge is 2.34. The van der Waals surface area contributed by atoms with Crippen LogP contribution in [0.4, 0.5) is 13.6 Å². The van der Waals surface area contributed by atoms with E-state index in [2.05, 4.69) is 10.1 Å². The van der Waals surface area contributed by atoms with Gasteiger partial charge < -0.3 is 10.1 Å². The first-order valence-electron chi connectivity index (χ1n) is 8.72. The van der Waals surface area contributed by atoms with Gasteiger partial charge in [-0.2, -0.15) is 8.78 Å². The molecule has 0 radical (unpaired) electrons. The molecule has 1 N–H and O–H groups in total. The molecule has 1 aromatic heterocycles. The minimum Gasteiger partial charge on any atom is -0.435 e. The molecule has 10 heteroatoms. The lowest BCUT2D eigenvalue weighted by Gasteiger charge is -2.12. The van der Waals surface area contributed by atoms with E-state index in [0.29, 0.717) is 10.5 Å². The van der Waals surface area contributed by atoms with E-state index < -0.39 is 12.5 Å². The van der Waals surface area contributed by atoms with Crippen molar-refractivity contribution in [3.05, 3.63) is 63.2 Å². The molecule has 2 aromatic rings. The summed E-state index contributed by atoms with van der Waals surface area (Å²) in [5, 5.41) is 4.10. The quantitative estimate of drug-likeness (QED) is 0.610. The first-order chi connectivity index (χ1) is 14.4. The van der Waals surface area contributed by atoms with Gasteiger partial charge in [-0.25, -0.2) is 0 Å². The summed E-state index contributed by atoms with van der Waals surface area (Å²) in [5.41, 5.74) is 0.622. The van der Waals surface area contributed by atoms with Crippen LogP contribution in [0.25, 0.3) is 12.2 Å². The Hall–Kier alpha value is -2.98. The molecule has 0 aliphatic carbocycles. The molecule has 1 fully saturated rings. The molecular weight excluding hydrogens is 434 g/mol. The Kier molecular flexibility index (Phi) is 7.36. The predicted molar refractivity (Wildman–Crippen MR) is 112 cm³/mol. The van der Waals surface area contributed by atoms with Gasteiger partial charge in [-0.3, -0.25) is 19.3 Å². The molecular formula is C20H16F2N2O4S2. The highest BCUT2D eigenvalue weighted by atomic mass is 32.2. The topological polar surface area (TPSA) is 75.7 Å². The molecule has 0 spiro atoms. The van der Waals surface area contributed by atoms with E-state index in [4.69, 9.17) is 0 Å².